The fourth-order valence-corrected chi connectivity index (χ4v) is 1.83. The van der Waals surface area contributed by atoms with Gasteiger partial charge in [-0.2, -0.15) is 0 Å². The second-order valence-corrected chi connectivity index (χ2v) is 4.65. The first-order chi connectivity index (χ1) is 6.70. The van der Waals surface area contributed by atoms with Crippen LogP contribution in [-0.4, -0.2) is 6.29 Å². The monoisotopic (exact) mass is 198 g/mol. The molecule has 0 spiro atoms. The number of carbonyl (C=O) groups is 1. The maximum Gasteiger partial charge on any atom is 0.122 e. The van der Waals surface area contributed by atoms with Crippen LogP contribution in [-0.2, 0) is 4.79 Å². The molecule has 0 aliphatic heterocycles. The van der Waals surface area contributed by atoms with Crippen LogP contribution in [0.1, 0.15) is 65.7 Å². The van der Waals surface area contributed by atoms with Crippen molar-refractivity contribution in [2.75, 3.05) is 0 Å². The molecule has 1 atom stereocenters. The van der Waals surface area contributed by atoms with Crippen LogP contribution in [0.25, 0.3) is 0 Å². The first-order valence-corrected chi connectivity index (χ1v) is 6.16. The molecule has 1 saturated carbocycles. The van der Waals surface area contributed by atoms with Gasteiger partial charge in [-0.15, -0.1) is 0 Å². The van der Waals surface area contributed by atoms with Gasteiger partial charge in [0.25, 0.3) is 0 Å². The minimum absolute atomic E-state index is 0.269. The Labute approximate surface area is 89.3 Å². The van der Waals surface area contributed by atoms with E-state index in [0.717, 1.165) is 25.0 Å². The summed E-state index contributed by atoms with van der Waals surface area (Å²) >= 11 is 0. The second kappa shape index (κ2) is 9.23. The number of rotatable bonds is 3. The van der Waals surface area contributed by atoms with E-state index in [-0.39, 0.29) is 5.92 Å². The van der Waals surface area contributed by atoms with E-state index in [1.807, 2.05) is 6.92 Å². The predicted octanol–water partition coefficient (Wildman–Crippen LogP) is 4.21. The van der Waals surface area contributed by atoms with Crippen molar-refractivity contribution < 1.29 is 4.79 Å². The molecule has 0 saturated heterocycles. The predicted molar refractivity (Wildman–Crippen MR) is 62.4 cm³/mol. The van der Waals surface area contributed by atoms with E-state index >= 15 is 0 Å². The molecule has 0 bridgehead atoms. The van der Waals surface area contributed by atoms with Gasteiger partial charge in [-0.1, -0.05) is 59.3 Å². The van der Waals surface area contributed by atoms with Crippen LogP contribution in [0.5, 0.6) is 0 Å². The van der Waals surface area contributed by atoms with E-state index in [1.165, 1.54) is 32.1 Å². The molecule has 1 fully saturated rings. The first kappa shape index (κ1) is 13.7. The molecular weight excluding hydrogens is 172 g/mol. The third kappa shape index (κ3) is 8.28. The molecular formula is C13H26O. The Balaban J connectivity index is 0.000000241. The highest BCUT2D eigenvalue weighted by molar-refractivity contribution is 5.52. The molecule has 0 aromatic rings. The van der Waals surface area contributed by atoms with E-state index in [2.05, 4.69) is 13.8 Å². The quantitative estimate of drug-likeness (QED) is 0.621. The van der Waals surface area contributed by atoms with Crippen LogP contribution < -0.4 is 0 Å². The third-order valence-corrected chi connectivity index (χ3v) is 2.87. The summed E-state index contributed by atoms with van der Waals surface area (Å²) in [6.45, 7) is 6.38. The molecule has 0 aromatic carbocycles. The summed E-state index contributed by atoms with van der Waals surface area (Å²) in [6.07, 6.45) is 10.6. The maximum atomic E-state index is 9.89. The Hall–Kier alpha value is -0.330. The van der Waals surface area contributed by atoms with Crippen molar-refractivity contribution >= 4 is 6.29 Å². The summed E-state index contributed by atoms with van der Waals surface area (Å²) in [5.41, 5.74) is 0. The highest BCUT2D eigenvalue weighted by Gasteiger charge is 2.05. The fraction of sp³-hybridized carbons (Fsp3) is 0.923. The van der Waals surface area contributed by atoms with Gasteiger partial charge in [-0.05, 0) is 12.3 Å². The van der Waals surface area contributed by atoms with Crippen molar-refractivity contribution in [2.24, 2.45) is 11.8 Å². The minimum atomic E-state index is 0.269. The van der Waals surface area contributed by atoms with Crippen molar-refractivity contribution in [3.05, 3.63) is 0 Å². The van der Waals surface area contributed by atoms with Crippen LogP contribution in [0, 0.1) is 11.8 Å². The van der Waals surface area contributed by atoms with Crippen LogP contribution in [0.15, 0.2) is 0 Å². The molecule has 0 radical (unpaired) electrons. The molecule has 0 N–H and O–H groups in total. The lowest BCUT2D eigenvalue weighted by Gasteiger charge is -2.15. The summed E-state index contributed by atoms with van der Waals surface area (Å²) in [7, 11) is 0. The molecule has 84 valence electrons. The van der Waals surface area contributed by atoms with Gasteiger partial charge in [0.05, 0.1) is 0 Å². The zero-order valence-corrected chi connectivity index (χ0v) is 10.1. The van der Waals surface area contributed by atoms with Crippen LogP contribution in [0.2, 0.25) is 0 Å². The van der Waals surface area contributed by atoms with E-state index in [9.17, 15) is 4.79 Å². The standard InChI is InChI=1S/C7H14.C6H12O/c1-7-5-3-2-4-6-7;1-3-4-6(2)5-7/h7H,2-6H2,1H3;5-6H,3-4H2,1-2H3. The summed E-state index contributed by atoms with van der Waals surface area (Å²) in [6, 6.07) is 0. The SMILES string of the molecule is CC1CCCCC1.CCCC(C)C=O. The smallest absolute Gasteiger partial charge is 0.122 e. The third-order valence-electron chi connectivity index (χ3n) is 2.87. The summed E-state index contributed by atoms with van der Waals surface area (Å²) < 4.78 is 0. The highest BCUT2D eigenvalue weighted by Crippen LogP contribution is 2.22. The Morgan fingerprint density at radius 3 is 2.07 bits per heavy atom. The maximum absolute atomic E-state index is 9.89. The number of carbonyl (C=O) groups excluding carboxylic acids is 1. The number of aldehydes is 1. The van der Waals surface area contributed by atoms with Crippen molar-refractivity contribution in [2.45, 2.75) is 65.7 Å². The van der Waals surface area contributed by atoms with Gasteiger partial charge in [0.2, 0.25) is 0 Å². The molecule has 14 heavy (non-hydrogen) atoms. The van der Waals surface area contributed by atoms with Crippen LogP contribution in [0.3, 0.4) is 0 Å². The summed E-state index contributed by atoms with van der Waals surface area (Å²) in [4.78, 5) is 9.89. The van der Waals surface area contributed by atoms with Gasteiger partial charge in [-0.3, -0.25) is 0 Å². The van der Waals surface area contributed by atoms with Gasteiger partial charge in [-0.25, -0.2) is 0 Å². The molecule has 0 amide bonds. The van der Waals surface area contributed by atoms with Crippen molar-refractivity contribution in [3.8, 4) is 0 Å². The minimum Gasteiger partial charge on any atom is -0.303 e. The molecule has 1 unspecified atom stereocenters. The normalized spacial score (nSPS) is 19.4. The topological polar surface area (TPSA) is 17.1 Å². The zero-order valence-electron chi connectivity index (χ0n) is 10.1. The molecule has 1 aliphatic carbocycles. The molecule has 1 aliphatic rings. The van der Waals surface area contributed by atoms with E-state index < -0.39 is 0 Å². The lowest BCUT2D eigenvalue weighted by atomic mass is 9.91. The molecule has 1 rings (SSSR count). The molecule has 0 heterocycles. The van der Waals surface area contributed by atoms with E-state index in [1.54, 1.807) is 0 Å². The Morgan fingerprint density at radius 1 is 1.29 bits per heavy atom. The number of hydrogen-bond acceptors (Lipinski definition) is 1. The first-order valence-electron chi connectivity index (χ1n) is 6.16. The number of hydrogen-bond donors (Lipinski definition) is 0. The lowest BCUT2D eigenvalue weighted by molar-refractivity contribution is -0.110. The van der Waals surface area contributed by atoms with Crippen molar-refractivity contribution in [1.82, 2.24) is 0 Å². The van der Waals surface area contributed by atoms with Crippen LogP contribution >= 0.6 is 0 Å². The Bertz CT molecular complexity index is 125. The van der Waals surface area contributed by atoms with Crippen molar-refractivity contribution in [3.63, 3.8) is 0 Å². The average molecular weight is 198 g/mol. The summed E-state index contributed by atoms with van der Waals surface area (Å²) in [5.74, 6) is 1.30. The Kier molecular flexibility index (Phi) is 9.02. The van der Waals surface area contributed by atoms with Gasteiger partial charge in [0.15, 0.2) is 0 Å². The largest absolute Gasteiger partial charge is 0.303 e. The average Bonchev–Trinajstić information content (AvgIpc) is 2.20. The van der Waals surface area contributed by atoms with E-state index in [4.69, 9.17) is 0 Å². The lowest BCUT2D eigenvalue weighted by Crippen LogP contribution is -1.99. The second-order valence-electron chi connectivity index (χ2n) is 4.65. The van der Waals surface area contributed by atoms with Gasteiger partial charge >= 0.3 is 0 Å². The molecule has 1 heteroatoms. The summed E-state index contributed by atoms with van der Waals surface area (Å²) in [5, 5.41) is 0. The highest BCUT2D eigenvalue weighted by atomic mass is 16.1. The van der Waals surface area contributed by atoms with Gasteiger partial charge in [0, 0.05) is 5.92 Å². The fourth-order valence-electron chi connectivity index (χ4n) is 1.83. The van der Waals surface area contributed by atoms with Crippen molar-refractivity contribution in [1.29, 1.82) is 0 Å². The van der Waals surface area contributed by atoms with Crippen LogP contribution in [0.4, 0.5) is 0 Å². The Morgan fingerprint density at radius 2 is 1.86 bits per heavy atom. The van der Waals surface area contributed by atoms with E-state index in [0.29, 0.717) is 0 Å². The zero-order chi connectivity index (χ0) is 10.8. The van der Waals surface area contributed by atoms with Gasteiger partial charge in [0.1, 0.15) is 6.29 Å². The molecule has 1 nitrogen and oxygen atoms in total. The van der Waals surface area contributed by atoms with Gasteiger partial charge < -0.3 is 4.79 Å². The molecule has 0 aromatic heterocycles.